The Morgan fingerprint density at radius 2 is 0.977 bits per heavy atom. The smallest absolute Gasteiger partial charge is 0.428 e. The Morgan fingerprint density at radius 1 is 0.659 bits per heavy atom. The van der Waals surface area contributed by atoms with Crippen LogP contribution in [0.3, 0.4) is 0 Å². The maximum absolute atomic E-state index is 13.2. The average Bonchev–Trinajstić information content (AvgIpc) is 2.98. The van der Waals surface area contributed by atoms with Crippen molar-refractivity contribution in [1.29, 1.82) is 0 Å². The maximum Gasteiger partial charge on any atom is 0.428 e. The molecule has 0 saturated heterocycles. The van der Waals surface area contributed by atoms with Crippen LogP contribution in [0.4, 0.5) is 22.0 Å². The van der Waals surface area contributed by atoms with Crippen LogP contribution in [-0.4, -0.2) is 36.7 Å². The third-order valence-corrected chi connectivity index (χ3v) is 9.50. The molecule has 0 bridgehead atoms. The topological polar surface area (TPSA) is 83.5 Å². The first-order valence-electron chi connectivity index (χ1n) is 13.9. The molecule has 5 nitrogen and oxygen atoms in total. The zero-order valence-corrected chi connectivity index (χ0v) is 26.2. The number of hydrogen-bond acceptors (Lipinski definition) is 5. The Bertz CT molecular complexity index is 1270. The van der Waals surface area contributed by atoms with Gasteiger partial charge in [0, 0.05) is 5.88 Å². The lowest BCUT2D eigenvalue weighted by Crippen LogP contribution is -2.39. The standard InChI is InChI=1S/C18H12F3S.C13H23ClF2O5S/c19-13-1-7-16(8-2-13)22(17-9-3-14(20)4-10-17)18-11-5-15(21)6-12-18;14-10-8-6-4-2-1-3-5-7-9-11-21-12(17)13(15,16)22(18,19)20/h1-12H;1-11H2,(H,18,19,20)/q+1;/p-1. The van der Waals surface area contributed by atoms with E-state index < -0.39 is 32.2 Å². The monoisotopic (exact) mass is 680 g/mol. The number of halogens is 6. The number of ether oxygens (including phenoxy) is 1. The van der Waals surface area contributed by atoms with Crippen molar-refractivity contribution < 1.29 is 44.5 Å². The molecule has 3 aromatic rings. The van der Waals surface area contributed by atoms with Crippen molar-refractivity contribution in [3.05, 3.63) is 90.2 Å². The second-order valence-corrected chi connectivity index (χ2v) is 13.5. The molecule has 0 spiro atoms. The van der Waals surface area contributed by atoms with Crippen molar-refractivity contribution in [3.63, 3.8) is 0 Å². The molecule has 0 aliphatic carbocycles. The fraction of sp³-hybridized carbons (Fsp3) is 0.387. The highest BCUT2D eigenvalue weighted by Gasteiger charge is 2.48. The van der Waals surface area contributed by atoms with E-state index in [-0.39, 0.29) is 24.1 Å². The first-order valence-corrected chi connectivity index (χ1v) is 17.1. The van der Waals surface area contributed by atoms with E-state index in [0.717, 1.165) is 59.6 Å². The first-order chi connectivity index (χ1) is 20.9. The molecule has 3 aromatic carbocycles. The molecule has 0 unspecified atom stereocenters. The molecule has 242 valence electrons. The van der Waals surface area contributed by atoms with Gasteiger partial charge in [-0.3, -0.25) is 0 Å². The van der Waals surface area contributed by atoms with Gasteiger partial charge in [0.15, 0.2) is 24.8 Å². The van der Waals surface area contributed by atoms with Gasteiger partial charge in [-0.15, -0.1) is 11.6 Å². The number of carbonyl (C=O) groups excluding carboxylic acids is 1. The highest BCUT2D eigenvalue weighted by molar-refractivity contribution is 7.97. The van der Waals surface area contributed by atoms with Crippen LogP contribution >= 0.6 is 11.6 Å². The molecule has 13 heteroatoms. The number of esters is 1. The number of benzene rings is 3. The lowest BCUT2D eigenvalue weighted by atomic mass is 10.1. The van der Waals surface area contributed by atoms with Crippen LogP contribution in [0.1, 0.15) is 57.8 Å². The molecule has 3 rings (SSSR count). The molecule has 44 heavy (non-hydrogen) atoms. The fourth-order valence-corrected chi connectivity index (χ4v) is 6.40. The van der Waals surface area contributed by atoms with Crippen molar-refractivity contribution in [3.8, 4) is 0 Å². The van der Waals surface area contributed by atoms with E-state index in [1.807, 2.05) is 0 Å². The lowest BCUT2D eigenvalue weighted by Gasteiger charge is -2.17. The van der Waals surface area contributed by atoms with Crippen molar-refractivity contribution in [2.75, 3.05) is 12.5 Å². The number of alkyl halides is 3. The molecule has 0 heterocycles. The molecule has 0 saturated carbocycles. The molecular weight excluding hydrogens is 647 g/mol. The number of hydrogen-bond donors (Lipinski definition) is 0. The molecule has 0 N–H and O–H groups in total. The third-order valence-electron chi connectivity index (χ3n) is 6.21. The van der Waals surface area contributed by atoms with Crippen LogP contribution in [0.25, 0.3) is 0 Å². The number of unbranched alkanes of at least 4 members (excludes halogenated alkanes) is 8. The summed E-state index contributed by atoms with van der Waals surface area (Å²) in [5.74, 6) is -2.56. The molecule has 0 aliphatic rings. The summed E-state index contributed by atoms with van der Waals surface area (Å²) in [5, 5.41) is -5.02. The van der Waals surface area contributed by atoms with Crippen molar-refractivity contribution in [1.82, 2.24) is 0 Å². The Balaban J connectivity index is 0.000000307. The minimum absolute atomic E-state index is 0.314. The van der Waals surface area contributed by atoms with Gasteiger partial charge in [-0.1, -0.05) is 44.9 Å². The predicted molar refractivity (Wildman–Crippen MR) is 159 cm³/mol. The summed E-state index contributed by atoms with van der Waals surface area (Å²) in [5.41, 5.74) is 0. The van der Waals surface area contributed by atoms with Gasteiger partial charge >= 0.3 is 11.2 Å². The highest BCUT2D eigenvalue weighted by atomic mass is 35.5. The van der Waals surface area contributed by atoms with Crippen LogP contribution in [-0.2, 0) is 30.5 Å². The van der Waals surface area contributed by atoms with E-state index in [0.29, 0.717) is 18.7 Å². The van der Waals surface area contributed by atoms with E-state index in [2.05, 4.69) is 4.74 Å². The van der Waals surface area contributed by atoms with Gasteiger partial charge in [0.2, 0.25) is 0 Å². The Labute approximate surface area is 262 Å². The molecule has 0 radical (unpaired) electrons. The minimum Gasteiger partial charge on any atom is -0.743 e. The van der Waals surface area contributed by atoms with Gasteiger partial charge in [0.05, 0.1) is 17.5 Å². The second-order valence-electron chi connectivity index (χ2n) is 9.65. The quantitative estimate of drug-likeness (QED) is 0.0378. The van der Waals surface area contributed by atoms with Crippen LogP contribution in [0.15, 0.2) is 87.5 Å². The SMILES string of the molecule is Fc1ccc([S+](c2ccc(F)cc2)c2ccc(F)cc2)cc1.O=C(OCCCCCCCCCCCCl)C(F)(F)S(=O)(=O)[O-]. The van der Waals surface area contributed by atoms with Crippen LogP contribution in [0.2, 0.25) is 0 Å². The predicted octanol–water partition coefficient (Wildman–Crippen LogP) is 8.62. The molecule has 0 fully saturated rings. The van der Waals surface area contributed by atoms with E-state index in [9.17, 15) is 39.7 Å². The normalized spacial score (nSPS) is 11.6. The van der Waals surface area contributed by atoms with E-state index >= 15 is 0 Å². The molecule has 0 aliphatic heterocycles. The van der Waals surface area contributed by atoms with Crippen molar-refractivity contribution in [2.45, 2.75) is 77.7 Å². The van der Waals surface area contributed by atoms with Gasteiger partial charge in [-0.25, -0.2) is 26.4 Å². The van der Waals surface area contributed by atoms with E-state index in [1.54, 1.807) is 36.4 Å². The Kier molecular flexibility index (Phi) is 16.2. The summed E-state index contributed by atoms with van der Waals surface area (Å²) in [6, 6.07) is 18.5. The molecule has 0 aromatic heterocycles. The fourth-order valence-electron chi connectivity index (χ4n) is 3.91. The van der Waals surface area contributed by atoms with E-state index in [1.165, 1.54) is 36.4 Å². The zero-order valence-electron chi connectivity index (χ0n) is 23.8. The van der Waals surface area contributed by atoms with Crippen LogP contribution in [0, 0.1) is 17.5 Å². The number of carbonyl (C=O) groups is 1. The molecular formula is C31H34ClF5O5S2. The average molecular weight is 681 g/mol. The summed E-state index contributed by atoms with van der Waals surface area (Å²) >= 11 is 5.55. The third kappa shape index (κ3) is 12.7. The van der Waals surface area contributed by atoms with Gasteiger partial charge in [0.25, 0.3) is 0 Å². The summed E-state index contributed by atoms with van der Waals surface area (Å²) in [6.45, 7) is -0.320. The van der Waals surface area contributed by atoms with Crippen LogP contribution in [0.5, 0.6) is 0 Å². The number of rotatable bonds is 16. The van der Waals surface area contributed by atoms with Crippen molar-refractivity contribution >= 4 is 38.6 Å². The first kappa shape index (κ1) is 37.5. The maximum atomic E-state index is 13.2. The van der Waals surface area contributed by atoms with Gasteiger partial charge in [-0.2, -0.15) is 8.78 Å². The zero-order chi connectivity index (χ0) is 32.6. The Hall–Kier alpha value is -2.67. The van der Waals surface area contributed by atoms with Gasteiger partial charge in [0.1, 0.15) is 17.5 Å². The highest BCUT2D eigenvalue weighted by Crippen LogP contribution is 2.31. The second kappa shape index (κ2) is 19.0. The summed E-state index contributed by atoms with van der Waals surface area (Å²) in [7, 11) is -6.57. The Morgan fingerprint density at radius 3 is 1.30 bits per heavy atom. The summed E-state index contributed by atoms with van der Waals surface area (Å²) in [6.07, 6.45) is 8.41. The van der Waals surface area contributed by atoms with Gasteiger partial charge < -0.3 is 9.29 Å². The molecule has 0 amide bonds. The summed E-state index contributed by atoms with van der Waals surface area (Å²) in [4.78, 5) is 13.5. The van der Waals surface area contributed by atoms with Crippen molar-refractivity contribution in [2.24, 2.45) is 0 Å². The summed E-state index contributed by atoms with van der Waals surface area (Å²) < 4.78 is 99.7. The van der Waals surface area contributed by atoms with Crippen LogP contribution < -0.4 is 0 Å². The minimum atomic E-state index is -6.03. The molecule has 0 atom stereocenters. The lowest BCUT2D eigenvalue weighted by molar-refractivity contribution is -0.161. The van der Waals surface area contributed by atoms with Gasteiger partial charge in [-0.05, 0) is 85.6 Å². The largest absolute Gasteiger partial charge is 0.743 e. The van der Waals surface area contributed by atoms with E-state index in [4.69, 9.17) is 11.6 Å².